The first-order chi connectivity index (χ1) is 22.0. The topological polar surface area (TPSA) is 111 Å². The molecule has 0 unspecified atom stereocenters. The normalized spacial score (nSPS) is 14.3. The maximum Gasteiger partial charge on any atom is 0.261 e. The van der Waals surface area contributed by atoms with Crippen molar-refractivity contribution in [3.05, 3.63) is 104 Å². The smallest absolute Gasteiger partial charge is 0.261 e. The van der Waals surface area contributed by atoms with E-state index in [1.165, 1.54) is 40.2 Å². The van der Waals surface area contributed by atoms with Crippen molar-refractivity contribution in [1.29, 1.82) is 0 Å². The van der Waals surface area contributed by atoms with Gasteiger partial charge in [0.25, 0.3) is 11.8 Å². The van der Waals surface area contributed by atoms with E-state index in [1.807, 2.05) is 41.1 Å². The van der Waals surface area contributed by atoms with Crippen LogP contribution in [0.15, 0.2) is 87.7 Å². The van der Waals surface area contributed by atoms with Gasteiger partial charge in [-0.1, -0.05) is 36.0 Å². The van der Waals surface area contributed by atoms with Crippen molar-refractivity contribution in [3.63, 3.8) is 0 Å². The van der Waals surface area contributed by atoms with E-state index < -0.39 is 11.9 Å². The fourth-order valence-electron chi connectivity index (χ4n) is 4.95. The van der Waals surface area contributed by atoms with Crippen LogP contribution < -0.4 is 14.8 Å². The van der Waals surface area contributed by atoms with Crippen molar-refractivity contribution < 1.29 is 23.5 Å². The fourth-order valence-corrected chi connectivity index (χ4v) is 7.14. The predicted octanol–water partition coefficient (Wildman–Crippen LogP) is 5.95. The molecule has 1 N–H and O–H groups in total. The average Bonchev–Trinajstić information content (AvgIpc) is 3.89. The largest absolute Gasteiger partial charge is 0.493 e. The van der Waals surface area contributed by atoms with Crippen LogP contribution in [0.2, 0.25) is 0 Å². The summed E-state index contributed by atoms with van der Waals surface area (Å²) in [4.78, 5) is 28.0. The number of hydrogen-bond acceptors (Lipinski definition) is 10. The summed E-state index contributed by atoms with van der Waals surface area (Å²) in [6.07, 6.45) is 0.500. The molecule has 14 heteroatoms. The summed E-state index contributed by atoms with van der Waals surface area (Å²) in [6, 6.07) is 18.5. The van der Waals surface area contributed by atoms with Gasteiger partial charge in [0.2, 0.25) is 0 Å². The van der Waals surface area contributed by atoms with E-state index in [4.69, 9.17) is 14.6 Å². The molecule has 1 atom stereocenters. The van der Waals surface area contributed by atoms with Gasteiger partial charge in [-0.15, -0.1) is 32.9 Å². The maximum absolute atomic E-state index is 13.9. The molecular weight excluding hydrogens is 636 g/mol. The van der Waals surface area contributed by atoms with Crippen LogP contribution in [0.25, 0.3) is 5.69 Å². The number of ether oxygens (including phenoxy) is 2. The Morgan fingerprint density at radius 2 is 1.80 bits per heavy atom. The van der Waals surface area contributed by atoms with Gasteiger partial charge in [0.05, 0.1) is 48.0 Å². The Hall–Kier alpha value is -4.53. The summed E-state index contributed by atoms with van der Waals surface area (Å²) >= 11 is 4.07. The number of carbonyl (C=O) groups excluding carboxylic acids is 2. The van der Waals surface area contributed by atoms with Crippen LogP contribution in [0, 0.1) is 5.82 Å². The maximum atomic E-state index is 13.9. The minimum atomic E-state index is -0.418. The molecule has 45 heavy (non-hydrogen) atoms. The van der Waals surface area contributed by atoms with E-state index in [2.05, 4.69) is 15.5 Å². The number of thiophene rings is 2. The number of hydrazone groups is 1. The molecular formula is C31H27FN6O4S3. The number of carbonyl (C=O) groups is 2. The molecule has 2 amide bonds. The van der Waals surface area contributed by atoms with Gasteiger partial charge in [0.15, 0.2) is 22.5 Å². The van der Waals surface area contributed by atoms with E-state index in [0.717, 1.165) is 16.2 Å². The number of aromatic nitrogens is 3. The van der Waals surface area contributed by atoms with Crippen molar-refractivity contribution >= 4 is 52.0 Å². The zero-order valence-corrected chi connectivity index (χ0v) is 26.6. The zero-order valence-electron chi connectivity index (χ0n) is 24.2. The number of benzene rings is 2. The van der Waals surface area contributed by atoms with Crippen molar-refractivity contribution in [1.82, 2.24) is 25.1 Å². The van der Waals surface area contributed by atoms with Crippen LogP contribution in [0.5, 0.6) is 11.5 Å². The number of thioether (sulfide) groups is 1. The number of nitrogens with zero attached hydrogens (tertiary/aromatic N) is 5. The Morgan fingerprint density at radius 3 is 2.51 bits per heavy atom. The molecule has 1 aliphatic heterocycles. The Balaban J connectivity index is 1.27. The van der Waals surface area contributed by atoms with Gasteiger partial charge in [-0.2, -0.15) is 5.10 Å². The lowest BCUT2D eigenvalue weighted by Crippen LogP contribution is -2.29. The third-order valence-corrected chi connectivity index (χ3v) is 9.73. The first kappa shape index (κ1) is 30.5. The Bertz CT molecular complexity index is 1820. The predicted molar refractivity (Wildman–Crippen MR) is 172 cm³/mol. The number of rotatable bonds is 11. The first-order valence-corrected chi connectivity index (χ1v) is 16.5. The minimum absolute atomic E-state index is 0.00904. The molecule has 0 fully saturated rings. The van der Waals surface area contributed by atoms with Crippen molar-refractivity contribution in [2.45, 2.75) is 24.2 Å². The SMILES string of the molecule is COc1cccc([C@@H]2CC(c3cccs3)=NN2C(=O)CSc2nnc(CNC(=O)c3cccs3)n2-c2ccc(F)cc2)c1OC. The Kier molecular flexibility index (Phi) is 9.23. The van der Waals surface area contributed by atoms with E-state index in [9.17, 15) is 14.0 Å². The summed E-state index contributed by atoms with van der Waals surface area (Å²) < 4.78 is 26.7. The molecule has 4 heterocycles. The highest BCUT2D eigenvalue weighted by Crippen LogP contribution is 2.42. The number of halogens is 1. The lowest BCUT2D eigenvalue weighted by atomic mass is 9.99. The number of para-hydroxylation sites is 1. The lowest BCUT2D eigenvalue weighted by Gasteiger charge is -2.24. The van der Waals surface area contributed by atoms with E-state index in [1.54, 1.807) is 54.4 Å². The lowest BCUT2D eigenvalue weighted by molar-refractivity contribution is -0.130. The third kappa shape index (κ3) is 6.48. The van der Waals surface area contributed by atoms with Gasteiger partial charge in [0.1, 0.15) is 5.82 Å². The van der Waals surface area contributed by atoms with Crippen LogP contribution in [-0.2, 0) is 11.3 Å². The Labute approximate surface area is 270 Å². The van der Waals surface area contributed by atoms with Gasteiger partial charge in [-0.05, 0) is 53.2 Å². The number of methoxy groups -OCH3 is 2. The first-order valence-electron chi connectivity index (χ1n) is 13.8. The van der Waals surface area contributed by atoms with Crippen LogP contribution in [-0.4, -0.2) is 57.3 Å². The van der Waals surface area contributed by atoms with Gasteiger partial charge < -0.3 is 14.8 Å². The van der Waals surface area contributed by atoms with Crippen LogP contribution >= 0.6 is 34.4 Å². The summed E-state index contributed by atoms with van der Waals surface area (Å²) in [5, 5.41) is 22.0. The molecule has 0 saturated heterocycles. The fraction of sp³-hybridized carbons (Fsp3) is 0.194. The highest BCUT2D eigenvalue weighted by molar-refractivity contribution is 7.99. The van der Waals surface area contributed by atoms with Gasteiger partial charge in [-0.3, -0.25) is 14.2 Å². The average molecular weight is 663 g/mol. The summed E-state index contributed by atoms with van der Waals surface area (Å²) in [5.74, 6) is 0.648. The molecule has 230 valence electrons. The minimum Gasteiger partial charge on any atom is -0.493 e. The molecule has 2 aromatic carbocycles. The molecule has 0 aliphatic carbocycles. The van der Waals surface area contributed by atoms with Gasteiger partial charge in [0, 0.05) is 17.7 Å². The molecule has 0 bridgehead atoms. The highest BCUT2D eigenvalue weighted by atomic mass is 32.2. The summed E-state index contributed by atoms with van der Waals surface area (Å²) in [6.45, 7) is 0.0773. The summed E-state index contributed by atoms with van der Waals surface area (Å²) in [7, 11) is 3.14. The number of amides is 2. The molecule has 6 rings (SSSR count). The van der Waals surface area contributed by atoms with Crippen molar-refractivity contribution in [2.75, 3.05) is 20.0 Å². The van der Waals surface area contributed by atoms with Crippen LogP contribution in [0.1, 0.15) is 38.4 Å². The van der Waals surface area contributed by atoms with Gasteiger partial charge >= 0.3 is 0 Å². The van der Waals surface area contributed by atoms with Crippen molar-refractivity contribution in [2.24, 2.45) is 5.10 Å². The van der Waals surface area contributed by atoms with Crippen LogP contribution in [0.3, 0.4) is 0 Å². The molecule has 3 aromatic heterocycles. The standard InChI is InChI=1S/C31H27FN6O4S3/c1-41-24-7-3-6-21(29(24)42-2)23-16-22(25-8-4-14-43-25)36-38(23)28(39)18-45-31-35-34-27(17-33-30(40)26-9-5-15-44-26)37(31)20-12-10-19(32)11-13-20/h3-15,23H,16-18H2,1-2H3,(H,33,40)/t23-/m0/s1. The number of hydrogen-bond donors (Lipinski definition) is 1. The molecule has 0 spiro atoms. The molecule has 0 saturated carbocycles. The molecule has 1 aliphatic rings. The number of nitrogens with one attached hydrogen (secondary N) is 1. The zero-order chi connectivity index (χ0) is 31.3. The van der Waals surface area contributed by atoms with E-state index in [0.29, 0.717) is 39.5 Å². The summed E-state index contributed by atoms with van der Waals surface area (Å²) in [5.41, 5.74) is 2.18. The van der Waals surface area contributed by atoms with Gasteiger partial charge in [-0.25, -0.2) is 9.40 Å². The second-order valence-electron chi connectivity index (χ2n) is 9.72. The third-order valence-electron chi connectivity index (χ3n) is 7.03. The van der Waals surface area contributed by atoms with E-state index in [-0.39, 0.29) is 24.1 Å². The highest BCUT2D eigenvalue weighted by Gasteiger charge is 2.36. The second kappa shape index (κ2) is 13.6. The Morgan fingerprint density at radius 1 is 1.00 bits per heavy atom. The monoisotopic (exact) mass is 662 g/mol. The molecule has 10 nitrogen and oxygen atoms in total. The van der Waals surface area contributed by atoms with Crippen molar-refractivity contribution in [3.8, 4) is 17.2 Å². The molecule has 5 aromatic rings. The molecule has 0 radical (unpaired) electrons. The quantitative estimate of drug-likeness (QED) is 0.174. The van der Waals surface area contributed by atoms with Crippen LogP contribution in [0.4, 0.5) is 4.39 Å². The second-order valence-corrected chi connectivity index (χ2v) is 12.6. The van der Waals surface area contributed by atoms with E-state index >= 15 is 0 Å².